The van der Waals surface area contributed by atoms with Crippen molar-refractivity contribution in [1.29, 1.82) is 0 Å². The summed E-state index contributed by atoms with van der Waals surface area (Å²) in [6, 6.07) is 1.39. The largest absolute Gasteiger partial charge is 0.390 e. The Morgan fingerprint density at radius 3 is 2.62 bits per heavy atom. The third kappa shape index (κ3) is 2.25. The molecule has 0 spiro atoms. The minimum atomic E-state index is -2.63. The minimum Gasteiger partial charge on any atom is -0.390 e. The summed E-state index contributed by atoms with van der Waals surface area (Å²) in [7, 11) is 0. The third-order valence-electron chi connectivity index (χ3n) is 1.47. The molecule has 0 fully saturated rings. The smallest absolute Gasteiger partial charge is 0.268 e. The van der Waals surface area contributed by atoms with Crippen molar-refractivity contribution in [2.24, 2.45) is 0 Å². The minimum absolute atomic E-state index is 0.217. The van der Waals surface area contributed by atoms with Crippen molar-refractivity contribution in [3.63, 3.8) is 0 Å². The number of pyridine rings is 1. The Morgan fingerprint density at radius 1 is 1.62 bits per heavy atom. The van der Waals surface area contributed by atoms with Crippen LogP contribution in [0.15, 0.2) is 6.07 Å². The average molecular weight is 300 g/mol. The first-order chi connectivity index (χ1) is 6.06. The number of halogens is 3. The van der Waals surface area contributed by atoms with E-state index in [0.29, 0.717) is 9.26 Å². The van der Waals surface area contributed by atoms with Gasteiger partial charge in [0.25, 0.3) is 6.43 Å². The summed E-state index contributed by atoms with van der Waals surface area (Å²) in [6.45, 7) is -0.302. The Morgan fingerprint density at radius 2 is 2.23 bits per heavy atom. The zero-order valence-corrected chi connectivity index (χ0v) is 8.62. The van der Waals surface area contributed by atoms with E-state index < -0.39 is 6.43 Å². The molecule has 0 unspecified atom stereocenters. The van der Waals surface area contributed by atoms with Crippen molar-refractivity contribution in [2.75, 3.05) is 5.73 Å². The summed E-state index contributed by atoms with van der Waals surface area (Å²) >= 11 is 1.74. The lowest BCUT2D eigenvalue weighted by atomic mass is 10.2. The highest BCUT2D eigenvalue weighted by Crippen LogP contribution is 2.28. The van der Waals surface area contributed by atoms with E-state index in [2.05, 4.69) is 4.98 Å². The van der Waals surface area contributed by atoms with Crippen LogP contribution >= 0.6 is 22.6 Å². The van der Waals surface area contributed by atoms with E-state index in [-0.39, 0.29) is 18.0 Å². The Labute approximate surface area is 87.1 Å². The van der Waals surface area contributed by atoms with Crippen molar-refractivity contribution in [1.82, 2.24) is 4.98 Å². The lowest BCUT2D eigenvalue weighted by Crippen LogP contribution is -2.04. The molecule has 13 heavy (non-hydrogen) atoms. The van der Waals surface area contributed by atoms with Gasteiger partial charge < -0.3 is 10.8 Å². The predicted molar refractivity (Wildman–Crippen MR) is 52.2 cm³/mol. The van der Waals surface area contributed by atoms with Gasteiger partial charge in [-0.3, -0.25) is 0 Å². The highest BCUT2D eigenvalue weighted by Gasteiger charge is 2.17. The SMILES string of the molecule is Nc1nc(CO)cc(I)c1C(F)F. The number of nitrogens with zero attached hydrogens (tertiary/aromatic N) is 1. The van der Waals surface area contributed by atoms with Gasteiger partial charge in [-0.05, 0) is 28.7 Å². The van der Waals surface area contributed by atoms with Crippen LogP contribution in [-0.4, -0.2) is 10.1 Å². The fraction of sp³-hybridized carbons (Fsp3) is 0.286. The van der Waals surface area contributed by atoms with E-state index in [9.17, 15) is 8.78 Å². The zero-order valence-electron chi connectivity index (χ0n) is 6.47. The molecule has 1 rings (SSSR count). The lowest BCUT2D eigenvalue weighted by molar-refractivity contribution is 0.150. The van der Waals surface area contributed by atoms with Gasteiger partial charge in [-0.25, -0.2) is 13.8 Å². The molecule has 6 heteroatoms. The summed E-state index contributed by atoms with van der Waals surface area (Å²) < 4.78 is 25.0. The van der Waals surface area contributed by atoms with E-state index in [4.69, 9.17) is 10.8 Å². The molecule has 0 aliphatic heterocycles. The van der Waals surface area contributed by atoms with Crippen LogP contribution in [0.1, 0.15) is 17.7 Å². The van der Waals surface area contributed by atoms with Gasteiger partial charge in [0.05, 0.1) is 17.9 Å². The van der Waals surface area contributed by atoms with Crippen molar-refractivity contribution < 1.29 is 13.9 Å². The number of alkyl halides is 2. The Kier molecular flexibility index (Phi) is 3.37. The molecule has 0 saturated heterocycles. The topological polar surface area (TPSA) is 59.1 Å². The average Bonchev–Trinajstić information content (AvgIpc) is 2.02. The number of aromatic nitrogens is 1. The number of anilines is 1. The van der Waals surface area contributed by atoms with Crippen molar-refractivity contribution in [2.45, 2.75) is 13.0 Å². The maximum absolute atomic E-state index is 12.3. The first-order valence-electron chi connectivity index (χ1n) is 3.40. The third-order valence-corrected chi connectivity index (χ3v) is 2.36. The summed E-state index contributed by atoms with van der Waals surface area (Å²) in [5.41, 5.74) is 5.32. The number of nitrogen functional groups attached to an aromatic ring is 1. The van der Waals surface area contributed by atoms with E-state index in [1.165, 1.54) is 6.07 Å². The van der Waals surface area contributed by atoms with Crippen LogP contribution in [0.5, 0.6) is 0 Å². The van der Waals surface area contributed by atoms with Gasteiger partial charge in [0, 0.05) is 3.57 Å². The van der Waals surface area contributed by atoms with E-state index in [1.807, 2.05) is 0 Å². The highest BCUT2D eigenvalue weighted by molar-refractivity contribution is 14.1. The second-order valence-electron chi connectivity index (χ2n) is 2.35. The molecular weight excluding hydrogens is 293 g/mol. The lowest BCUT2D eigenvalue weighted by Gasteiger charge is -2.07. The second-order valence-corrected chi connectivity index (χ2v) is 3.52. The Hall–Kier alpha value is -0.500. The van der Waals surface area contributed by atoms with Crippen molar-refractivity contribution in [3.05, 3.63) is 20.9 Å². The van der Waals surface area contributed by atoms with Gasteiger partial charge in [0.2, 0.25) is 0 Å². The van der Waals surface area contributed by atoms with Crippen LogP contribution in [0.3, 0.4) is 0 Å². The molecule has 0 saturated carbocycles. The summed E-state index contributed by atoms with van der Waals surface area (Å²) in [5, 5.41) is 8.71. The molecule has 0 aromatic carbocycles. The van der Waals surface area contributed by atoms with Crippen LogP contribution in [0.4, 0.5) is 14.6 Å². The first-order valence-corrected chi connectivity index (χ1v) is 4.48. The molecule has 0 amide bonds. The van der Waals surface area contributed by atoms with Gasteiger partial charge in [-0.1, -0.05) is 0 Å². The van der Waals surface area contributed by atoms with Crippen molar-refractivity contribution >= 4 is 28.4 Å². The fourth-order valence-corrected chi connectivity index (χ4v) is 1.76. The molecule has 1 aromatic heterocycles. The predicted octanol–water partition coefficient (Wildman–Crippen LogP) is 1.70. The summed E-state index contributed by atoms with van der Waals surface area (Å²) in [5.74, 6) is -0.217. The standard InChI is InChI=1S/C7H7F2IN2O/c8-6(9)5-4(10)1-3(2-13)12-7(5)11/h1,6,13H,2H2,(H2,11,12). The molecule has 3 nitrogen and oxygen atoms in total. The monoisotopic (exact) mass is 300 g/mol. The first kappa shape index (κ1) is 10.6. The molecule has 0 aliphatic carbocycles. The van der Waals surface area contributed by atoms with Gasteiger partial charge in [-0.15, -0.1) is 0 Å². The van der Waals surface area contributed by atoms with E-state index >= 15 is 0 Å². The van der Waals surface area contributed by atoms with Crippen LogP contribution in [0.2, 0.25) is 0 Å². The van der Waals surface area contributed by atoms with Gasteiger partial charge in [0.15, 0.2) is 0 Å². The summed E-state index contributed by atoms with van der Waals surface area (Å²) in [4.78, 5) is 3.62. The van der Waals surface area contributed by atoms with Crippen LogP contribution in [-0.2, 0) is 6.61 Å². The van der Waals surface area contributed by atoms with Gasteiger partial charge in [0.1, 0.15) is 5.82 Å². The van der Waals surface area contributed by atoms with Crippen LogP contribution in [0.25, 0.3) is 0 Å². The molecule has 0 bridgehead atoms. The molecule has 72 valence electrons. The normalized spacial score (nSPS) is 10.8. The number of aliphatic hydroxyl groups is 1. The number of aliphatic hydroxyl groups excluding tert-OH is 1. The maximum Gasteiger partial charge on any atom is 0.268 e. The number of hydrogen-bond donors (Lipinski definition) is 2. The van der Waals surface area contributed by atoms with E-state index in [1.54, 1.807) is 22.6 Å². The summed E-state index contributed by atoms with van der Waals surface area (Å²) in [6.07, 6.45) is -2.63. The second kappa shape index (κ2) is 4.14. The maximum atomic E-state index is 12.3. The number of hydrogen-bond acceptors (Lipinski definition) is 3. The van der Waals surface area contributed by atoms with Crippen LogP contribution < -0.4 is 5.73 Å². The Balaban J connectivity index is 3.23. The highest BCUT2D eigenvalue weighted by atomic mass is 127. The Bertz CT molecular complexity index is 296. The molecule has 1 heterocycles. The molecule has 0 radical (unpaired) electrons. The van der Waals surface area contributed by atoms with Gasteiger partial charge in [-0.2, -0.15) is 0 Å². The number of rotatable bonds is 2. The molecule has 0 atom stereocenters. The zero-order chi connectivity index (χ0) is 10.0. The molecule has 0 aliphatic rings. The quantitative estimate of drug-likeness (QED) is 0.817. The fourth-order valence-electron chi connectivity index (χ4n) is 0.891. The van der Waals surface area contributed by atoms with Gasteiger partial charge >= 0.3 is 0 Å². The molecule has 1 aromatic rings. The van der Waals surface area contributed by atoms with Crippen LogP contribution in [0, 0.1) is 3.57 Å². The van der Waals surface area contributed by atoms with Crippen molar-refractivity contribution in [3.8, 4) is 0 Å². The van der Waals surface area contributed by atoms with E-state index in [0.717, 1.165) is 0 Å². The number of nitrogens with two attached hydrogens (primary N) is 1. The molecular formula is C7H7F2IN2O. The molecule has 3 N–H and O–H groups in total.